The van der Waals surface area contributed by atoms with Crippen LogP contribution < -0.4 is 10.1 Å². The fourth-order valence-electron chi connectivity index (χ4n) is 3.39. The van der Waals surface area contributed by atoms with Crippen LogP contribution >= 0.6 is 34.8 Å². The molecule has 1 aliphatic rings. The van der Waals surface area contributed by atoms with E-state index >= 15 is 0 Å². The van der Waals surface area contributed by atoms with E-state index < -0.39 is 28.8 Å². The third kappa shape index (κ3) is 5.54. The Labute approximate surface area is 200 Å². The van der Waals surface area contributed by atoms with Gasteiger partial charge in [0.15, 0.2) is 0 Å². The predicted molar refractivity (Wildman–Crippen MR) is 127 cm³/mol. The lowest BCUT2D eigenvalue weighted by molar-refractivity contribution is 0.112. The quantitative estimate of drug-likeness (QED) is 0.349. The summed E-state index contributed by atoms with van der Waals surface area (Å²) in [4.78, 5) is 17.4. The molecular formula is C24H19Cl3N2O3. The molecule has 164 valence electrons. The molecule has 0 bridgehead atoms. The second-order valence-electron chi connectivity index (χ2n) is 7.07. The number of carbonyl (C=O) groups is 1. The van der Waals surface area contributed by atoms with Crippen molar-refractivity contribution in [1.29, 1.82) is 0 Å². The van der Waals surface area contributed by atoms with Gasteiger partial charge in [0.2, 0.25) is 10.0 Å². The molecule has 0 saturated carbocycles. The molecule has 32 heavy (non-hydrogen) atoms. The molecule has 5 nitrogen and oxygen atoms in total. The van der Waals surface area contributed by atoms with Crippen molar-refractivity contribution < 1.29 is 14.3 Å². The molecule has 1 N–H and O–H groups in total. The van der Waals surface area contributed by atoms with E-state index in [0.29, 0.717) is 5.75 Å². The number of nitrogens with one attached hydrogen (secondary N) is 1. The molecule has 0 aliphatic carbocycles. The van der Waals surface area contributed by atoms with Gasteiger partial charge in [0.25, 0.3) is 0 Å². The first-order valence-corrected chi connectivity index (χ1v) is 11.0. The third-order valence-corrected chi connectivity index (χ3v) is 5.10. The Hall–Kier alpha value is -2.73. The lowest BCUT2D eigenvalue weighted by atomic mass is 10.0. The van der Waals surface area contributed by atoms with Gasteiger partial charge in [-0.15, -0.1) is 0 Å². The van der Waals surface area contributed by atoms with Crippen molar-refractivity contribution in [2.45, 2.75) is 16.1 Å². The van der Waals surface area contributed by atoms with Crippen LogP contribution in [0.2, 0.25) is 0 Å². The summed E-state index contributed by atoms with van der Waals surface area (Å²) in [6, 6.07) is 26.7. The molecule has 2 atom stereocenters. The molecular weight excluding hydrogens is 471 g/mol. The largest absolute Gasteiger partial charge is 0.467 e. The second kappa shape index (κ2) is 9.82. The molecule has 1 heterocycles. The van der Waals surface area contributed by atoms with Gasteiger partial charge in [-0.3, -0.25) is 10.3 Å². The van der Waals surface area contributed by atoms with E-state index in [2.05, 4.69) is 5.32 Å². The number of rotatable bonds is 5. The first kappa shape index (κ1) is 22.5. The van der Waals surface area contributed by atoms with Crippen LogP contribution in [0.5, 0.6) is 5.75 Å². The van der Waals surface area contributed by atoms with Gasteiger partial charge in [-0.05, 0) is 6.07 Å². The molecule has 4 rings (SSSR count). The van der Waals surface area contributed by atoms with Crippen LogP contribution in [-0.4, -0.2) is 28.4 Å². The smallest absolute Gasteiger partial charge is 0.410 e. The first-order valence-electron chi connectivity index (χ1n) is 9.85. The van der Waals surface area contributed by atoms with Crippen LogP contribution in [-0.2, 0) is 4.74 Å². The summed E-state index contributed by atoms with van der Waals surface area (Å²) in [6.45, 7) is -0.392. The number of amides is 1. The third-order valence-electron chi connectivity index (χ3n) is 4.77. The maximum Gasteiger partial charge on any atom is 0.410 e. The molecule has 0 fully saturated rings. The van der Waals surface area contributed by atoms with Gasteiger partial charge in [-0.1, -0.05) is 114 Å². The van der Waals surface area contributed by atoms with E-state index in [1.54, 1.807) is 0 Å². The molecule has 0 radical (unpaired) electrons. The van der Waals surface area contributed by atoms with Crippen LogP contribution in [0.3, 0.4) is 0 Å². The predicted octanol–water partition coefficient (Wildman–Crippen LogP) is 6.08. The second-order valence-corrected chi connectivity index (χ2v) is 9.58. The highest BCUT2D eigenvalue weighted by Crippen LogP contribution is 2.39. The molecule has 1 aliphatic heterocycles. The van der Waals surface area contributed by atoms with Crippen LogP contribution in [0.1, 0.15) is 22.7 Å². The Kier molecular flexibility index (Phi) is 6.89. The fraction of sp³-hybridized carbons (Fsp3) is 0.167. The minimum Gasteiger partial charge on any atom is -0.467 e. The molecule has 8 heteroatoms. The minimum atomic E-state index is -1.71. The number of benzene rings is 3. The number of alkyl halides is 3. The van der Waals surface area contributed by atoms with Crippen molar-refractivity contribution in [2.75, 3.05) is 6.61 Å². The summed E-state index contributed by atoms with van der Waals surface area (Å²) < 4.78 is 9.29. The van der Waals surface area contributed by atoms with Gasteiger partial charge in [0, 0.05) is 16.7 Å². The summed E-state index contributed by atoms with van der Waals surface area (Å²) in [5, 5.41) is 2.69. The van der Waals surface area contributed by atoms with Gasteiger partial charge in [-0.25, -0.2) is 4.79 Å². The van der Waals surface area contributed by atoms with Crippen molar-refractivity contribution >= 4 is 46.6 Å². The number of alkyl carbamates (subject to hydrolysis) is 1. The van der Waals surface area contributed by atoms with Gasteiger partial charge in [0.05, 0.1) is 5.71 Å². The highest BCUT2D eigenvalue weighted by molar-refractivity contribution is 6.67. The van der Waals surface area contributed by atoms with Crippen molar-refractivity contribution in [2.24, 2.45) is 4.99 Å². The molecule has 1 amide bonds. The van der Waals surface area contributed by atoms with Gasteiger partial charge in [0.1, 0.15) is 18.4 Å². The monoisotopic (exact) mass is 488 g/mol. The number of ether oxygens (including phenoxy) is 2. The topological polar surface area (TPSA) is 59.9 Å². The normalized spacial score (nSPS) is 17.1. The highest BCUT2D eigenvalue weighted by Gasteiger charge is 2.36. The molecule has 3 aromatic carbocycles. The summed E-state index contributed by atoms with van der Waals surface area (Å²) in [5.74, 6) is 0.633. The Morgan fingerprint density at radius 2 is 1.47 bits per heavy atom. The maximum absolute atomic E-state index is 12.3. The first-order chi connectivity index (χ1) is 15.4. The zero-order valence-corrected chi connectivity index (χ0v) is 19.0. The number of nitrogens with zero attached hydrogens (tertiary/aromatic N) is 1. The number of aliphatic imine (C=N–C) groups is 1. The van der Waals surface area contributed by atoms with E-state index in [1.807, 2.05) is 84.9 Å². The Bertz CT molecular complexity index is 1060. The Balaban J connectivity index is 1.69. The molecule has 0 unspecified atom stereocenters. The standard InChI is InChI=1S/C24H19Cl3N2O3/c25-24(26,27)15-31-23(30)29-22-21(18-13-7-8-14-19(18)32-22)28-20(16-9-3-1-4-10-16)17-11-5-2-6-12-17/h1-14,21-22H,15H2,(H,29,30)/t21-,22-/m1/s1. The zero-order valence-electron chi connectivity index (χ0n) is 16.8. The molecule has 0 saturated heterocycles. The van der Waals surface area contributed by atoms with Crippen LogP contribution in [0.15, 0.2) is 89.9 Å². The number of para-hydroxylation sites is 1. The van der Waals surface area contributed by atoms with Crippen molar-refractivity contribution in [3.8, 4) is 5.75 Å². The van der Waals surface area contributed by atoms with Crippen LogP contribution in [0, 0.1) is 0 Å². The average molecular weight is 490 g/mol. The van der Waals surface area contributed by atoms with Crippen LogP contribution in [0.25, 0.3) is 0 Å². The Morgan fingerprint density at radius 1 is 0.906 bits per heavy atom. The lowest BCUT2D eigenvalue weighted by Crippen LogP contribution is -2.41. The van der Waals surface area contributed by atoms with Crippen molar-refractivity contribution in [3.63, 3.8) is 0 Å². The molecule has 0 aromatic heterocycles. The average Bonchev–Trinajstić information content (AvgIpc) is 3.13. The van der Waals surface area contributed by atoms with E-state index in [9.17, 15) is 4.79 Å². The summed E-state index contributed by atoms with van der Waals surface area (Å²) in [5.41, 5.74) is 3.52. The van der Waals surface area contributed by atoms with E-state index in [4.69, 9.17) is 49.3 Å². The minimum absolute atomic E-state index is 0.392. The Morgan fingerprint density at radius 3 is 2.06 bits per heavy atom. The number of hydrogen-bond donors (Lipinski definition) is 1. The van der Waals surface area contributed by atoms with Gasteiger partial charge >= 0.3 is 6.09 Å². The maximum atomic E-state index is 12.3. The lowest BCUT2D eigenvalue weighted by Gasteiger charge is -2.20. The van der Waals surface area contributed by atoms with Gasteiger partial charge < -0.3 is 9.47 Å². The molecule has 3 aromatic rings. The van der Waals surface area contributed by atoms with E-state index in [0.717, 1.165) is 22.4 Å². The van der Waals surface area contributed by atoms with Crippen molar-refractivity contribution in [3.05, 3.63) is 102 Å². The highest BCUT2D eigenvalue weighted by atomic mass is 35.6. The number of fused-ring (bicyclic) bond motifs is 1. The number of halogens is 3. The summed E-state index contributed by atoms with van der Waals surface area (Å²) >= 11 is 17.0. The fourth-order valence-corrected chi connectivity index (χ4v) is 3.56. The number of carbonyl (C=O) groups excluding carboxylic acids is 1. The SMILES string of the molecule is O=C(N[C@@H]1Oc2ccccc2[C@H]1N=C(c1ccccc1)c1ccccc1)OCC(Cl)(Cl)Cl. The van der Waals surface area contributed by atoms with Crippen LogP contribution in [0.4, 0.5) is 4.79 Å². The zero-order chi connectivity index (χ0) is 22.6. The van der Waals surface area contributed by atoms with Gasteiger partial charge in [-0.2, -0.15) is 0 Å². The van der Waals surface area contributed by atoms with E-state index in [-0.39, 0.29) is 0 Å². The summed E-state index contributed by atoms with van der Waals surface area (Å²) in [7, 11) is 0. The van der Waals surface area contributed by atoms with Crippen molar-refractivity contribution in [1.82, 2.24) is 5.32 Å². The summed E-state index contributed by atoms with van der Waals surface area (Å²) in [6.07, 6.45) is -1.56. The van der Waals surface area contributed by atoms with E-state index in [1.165, 1.54) is 0 Å². The molecule has 0 spiro atoms. The number of hydrogen-bond acceptors (Lipinski definition) is 4.